The Bertz CT molecular complexity index is 868. The Morgan fingerprint density at radius 1 is 0.558 bits per heavy atom. The molecular formula is C42H81O9P. The monoisotopic (exact) mass is 761 g/mol. The van der Waals surface area contributed by atoms with Crippen molar-refractivity contribution in [1.82, 2.24) is 0 Å². The number of cyclic esters (lactones) is 1. The highest BCUT2D eigenvalue weighted by Gasteiger charge is 2.51. The molecule has 10 heteroatoms. The van der Waals surface area contributed by atoms with Crippen LogP contribution in [0.5, 0.6) is 0 Å². The van der Waals surface area contributed by atoms with Gasteiger partial charge in [-0.25, -0.2) is 9.36 Å². The van der Waals surface area contributed by atoms with Crippen LogP contribution in [0.15, 0.2) is 0 Å². The third-order valence-corrected chi connectivity index (χ3v) is 11.6. The van der Waals surface area contributed by atoms with Crippen LogP contribution in [0, 0.1) is 11.8 Å². The lowest BCUT2D eigenvalue weighted by atomic mass is 10.0. The summed E-state index contributed by atoms with van der Waals surface area (Å²) in [5.74, 6) is -0.334. The van der Waals surface area contributed by atoms with Gasteiger partial charge in [-0.15, -0.1) is 0 Å². The molecule has 9 nitrogen and oxygen atoms in total. The summed E-state index contributed by atoms with van der Waals surface area (Å²) in [6, 6.07) is 0. The molecule has 0 radical (unpaired) electrons. The van der Waals surface area contributed by atoms with Gasteiger partial charge in [-0.3, -0.25) is 18.4 Å². The average Bonchev–Trinajstić information content (AvgIpc) is 3.38. The molecule has 3 atom stereocenters. The molecule has 0 aliphatic carbocycles. The van der Waals surface area contributed by atoms with Gasteiger partial charge in [0.15, 0.2) is 6.10 Å². The first-order chi connectivity index (χ1) is 25.1. The van der Waals surface area contributed by atoms with Gasteiger partial charge in [-0.05, 0) is 24.7 Å². The minimum absolute atomic E-state index is 0.116. The summed E-state index contributed by atoms with van der Waals surface area (Å²) in [4.78, 5) is 25.1. The van der Waals surface area contributed by atoms with Gasteiger partial charge >= 0.3 is 13.8 Å². The second-order valence-corrected chi connectivity index (χ2v) is 17.8. The molecule has 2 N–H and O–H groups in total. The number of esters is 1. The molecule has 52 heavy (non-hydrogen) atoms. The van der Waals surface area contributed by atoms with E-state index in [4.69, 9.17) is 18.3 Å². The minimum Gasteiger partial charge on any atom is -0.449 e. The Balaban J connectivity index is 2.26. The minimum atomic E-state index is -4.26. The molecule has 0 aromatic rings. The van der Waals surface area contributed by atoms with Crippen LogP contribution in [0.4, 0.5) is 0 Å². The molecule has 0 aromatic heterocycles. The smallest absolute Gasteiger partial charge is 0.449 e. The molecule has 1 saturated heterocycles. The van der Waals surface area contributed by atoms with Crippen molar-refractivity contribution in [2.24, 2.45) is 11.8 Å². The van der Waals surface area contributed by atoms with Crippen molar-refractivity contribution in [2.45, 2.75) is 226 Å². The first-order valence-electron chi connectivity index (χ1n) is 21.7. The van der Waals surface area contributed by atoms with Gasteiger partial charge in [0.05, 0.1) is 19.8 Å². The summed E-state index contributed by atoms with van der Waals surface area (Å²) >= 11 is 0. The van der Waals surface area contributed by atoms with Gasteiger partial charge < -0.3 is 14.9 Å². The van der Waals surface area contributed by atoms with Crippen molar-refractivity contribution in [3.63, 3.8) is 0 Å². The predicted molar refractivity (Wildman–Crippen MR) is 211 cm³/mol. The quantitative estimate of drug-likeness (QED) is 0.0273. The Morgan fingerprint density at radius 3 is 1.17 bits per heavy atom. The van der Waals surface area contributed by atoms with Crippen LogP contribution in [0.2, 0.25) is 0 Å². The number of carbonyl (C=O) groups is 2. The van der Waals surface area contributed by atoms with E-state index in [2.05, 4.69) is 27.7 Å². The molecule has 0 amide bonds. The van der Waals surface area contributed by atoms with Gasteiger partial charge in [-0.2, -0.15) is 0 Å². The van der Waals surface area contributed by atoms with E-state index in [1.807, 2.05) is 0 Å². The van der Waals surface area contributed by atoms with Crippen molar-refractivity contribution >= 4 is 19.6 Å². The van der Waals surface area contributed by atoms with Crippen molar-refractivity contribution in [1.29, 1.82) is 0 Å². The summed E-state index contributed by atoms with van der Waals surface area (Å²) in [6.45, 7) is 8.66. The highest BCUT2D eigenvalue weighted by Crippen LogP contribution is 2.52. The van der Waals surface area contributed by atoms with E-state index in [0.29, 0.717) is 12.8 Å². The Kier molecular flexibility index (Phi) is 30.7. The maximum atomic E-state index is 13.6. The fourth-order valence-electron chi connectivity index (χ4n) is 6.75. The molecule has 0 spiro atoms. The van der Waals surface area contributed by atoms with E-state index in [1.165, 1.54) is 128 Å². The number of aliphatic hydroxyl groups excluding tert-OH is 2. The number of ether oxygens (including phenoxy) is 1. The topological polar surface area (TPSA) is 129 Å². The van der Waals surface area contributed by atoms with E-state index in [9.17, 15) is 24.4 Å². The number of ketones is 1. The van der Waals surface area contributed by atoms with Gasteiger partial charge in [-0.1, -0.05) is 195 Å². The van der Waals surface area contributed by atoms with Gasteiger partial charge in [0.25, 0.3) is 0 Å². The molecule has 0 saturated carbocycles. The van der Waals surface area contributed by atoms with Crippen LogP contribution in [0.1, 0.15) is 207 Å². The number of hydrogen-bond donors (Lipinski definition) is 2. The van der Waals surface area contributed by atoms with Crippen LogP contribution in [0.25, 0.3) is 0 Å². The maximum absolute atomic E-state index is 13.6. The van der Waals surface area contributed by atoms with Gasteiger partial charge in [0.2, 0.25) is 11.9 Å². The van der Waals surface area contributed by atoms with E-state index < -0.39 is 44.5 Å². The molecule has 2 unspecified atom stereocenters. The Labute approximate surface area is 319 Å². The lowest BCUT2D eigenvalue weighted by molar-refractivity contribution is -0.151. The maximum Gasteiger partial charge on any atom is 0.476 e. The Hall–Kier alpha value is -0.830. The third-order valence-electron chi connectivity index (χ3n) is 10.1. The lowest BCUT2D eigenvalue weighted by Gasteiger charge is -2.19. The molecule has 308 valence electrons. The number of phosphoric acid groups is 1. The Morgan fingerprint density at radius 2 is 0.865 bits per heavy atom. The van der Waals surface area contributed by atoms with E-state index in [0.717, 1.165) is 50.4 Å². The van der Waals surface area contributed by atoms with Crippen molar-refractivity contribution in [3.8, 4) is 0 Å². The standard InChI is InChI=1S/C42H81O9P/c1-36(2)31-27-23-19-15-11-7-5-9-13-17-21-25-29-33-48-52(47,51-41-39(45)40(38(44)35-43)50-42(41)46)49-34-30-26-22-18-14-10-6-8-12-16-20-24-28-32-37(3)4/h36-38,40-41,43-44H,5-35H2,1-4H3/t38?,40-,41?/m1/s1. The molecule has 0 aromatic carbocycles. The molecule has 1 aliphatic heterocycles. The summed E-state index contributed by atoms with van der Waals surface area (Å²) in [5.41, 5.74) is 0. The number of unbranched alkanes of at least 4 members (excludes halogenated alkanes) is 24. The average molecular weight is 761 g/mol. The van der Waals surface area contributed by atoms with E-state index >= 15 is 0 Å². The van der Waals surface area contributed by atoms with Crippen molar-refractivity contribution in [3.05, 3.63) is 0 Å². The van der Waals surface area contributed by atoms with Crippen LogP contribution in [0.3, 0.4) is 0 Å². The van der Waals surface area contributed by atoms with Crippen LogP contribution >= 0.6 is 7.82 Å². The highest BCUT2D eigenvalue weighted by atomic mass is 31.2. The van der Waals surface area contributed by atoms with E-state index in [1.54, 1.807) is 0 Å². The number of hydrogen-bond acceptors (Lipinski definition) is 9. The fourth-order valence-corrected chi connectivity index (χ4v) is 8.10. The molecule has 1 rings (SSSR count). The molecule has 1 aliphatic rings. The first-order valence-corrected chi connectivity index (χ1v) is 23.2. The molecule has 0 bridgehead atoms. The van der Waals surface area contributed by atoms with Crippen LogP contribution in [-0.4, -0.2) is 60.1 Å². The van der Waals surface area contributed by atoms with Crippen LogP contribution < -0.4 is 0 Å². The number of Topliss-reactive ketones (excluding diaryl/α,β-unsaturated/α-hetero) is 1. The van der Waals surface area contributed by atoms with Crippen molar-refractivity contribution < 1.29 is 42.7 Å². The third kappa shape index (κ3) is 26.1. The van der Waals surface area contributed by atoms with Crippen LogP contribution in [-0.2, 0) is 32.5 Å². The predicted octanol–water partition coefficient (Wildman–Crippen LogP) is 11.6. The number of phosphoric ester groups is 1. The first kappa shape index (κ1) is 49.2. The van der Waals surface area contributed by atoms with Gasteiger partial charge in [0, 0.05) is 0 Å². The molecule has 1 fully saturated rings. The summed E-state index contributed by atoms with van der Waals surface area (Å²) in [7, 11) is -4.26. The fraction of sp³-hybridized carbons (Fsp3) is 0.952. The lowest BCUT2D eigenvalue weighted by Crippen LogP contribution is -2.37. The zero-order valence-corrected chi connectivity index (χ0v) is 34.9. The molecular weight excluding hydrogens is 679 g/mol. The zero-order valence-electron chi connectivity index (χ0n) is 34.0. The number of aliphatic hydroxyl groups is 2. The normalized spacial score (nSPS) is 17.2. The zero-order chi connectivity index (χ0) is 38.3. The number of carbonyl (C=O) groups excluding carboxylic acids is 2. The van der Waals surface area contributed by atoms with Gasteiger partial charge in [0.1, 0.15) is 6.10 Å². The summed E-state index contributed by atoms with van der Waals surface area (Å²) in [6.07, 6.45) is 29.0. The summed E-state index contributed by atoms with van der Waals surface area (Å²) in [5, 5.41) is 19.1. The number of rotatable bonds is 38. The summed E-state index contributed by atoms with van der Waals surface area (Å²) < 4.78 is 35.1. The SMILES string of the molecule is CC(C)CCCCCCCCCCCCCCCOP(=O)(OCCCCCCCCCCCCCCCC(C)C)OC1C(=O)O[C@H](C(O)CO)C1=O. The van der Waals surface area contributed by atoms with Crippen molar-refractivity contribution in [2.75, 3.05) is 19.8 Å². The highest BCUT2D eigenvalue weighted by molar-refractivity contribution is 7.48. The second-order valence-electron chi connectivity index (χ2n) is 16.2. The largest absolute Gasteiger partial charge is 0.476 e. The second kappa shape index (κ2) is 32.4. The molecule has 1 heterocycles. The van der Waals surface area contributed by atoms with E-state index in [-0.39, 0.29) is 13.2 Å².